The number of aromatic nitrogens is 1. The van der Waals surface area contributed by atoms with Gasteiger partial charge in [0, 0.05) is 35.6 Å². The lowest BCUT2D eigenvalue weighted by Gasteiger charge is -2.27. The quantitative estimate of drug-likeness (QED) is 0.619. The Kier molecular flexibility index (Phi) is 5.57. The molecule has 3 aromatic rings. The lowest BCUT2D eigenvalue weighted by Crippen LogP contribution is -2.35. The Morgan fingerprint density at radius 2 is 1.89 bits per heavy atom. The summed E-state index contributed by atoms with van der Waals surface area (Å²) in [7, 11) is 1.38. The summed E-state index contributed by atoms with van der Waals surface area (Å²) in [6, 6.07) is 15.3. The summed E-state index contributed by atoms with van der Waals surface area (Å²) < 4.78 is 10.2. The first kappa shape index (κ1) is 18.9. The van der Waals surface area contributed by atoms with Crippen LogP contribution in [0.3, 0.4) is 0 Å². The Labute approximate surface area is 168 Å². The lowest BCUT2D eigenvalue weighted by molar-refractivity contribution is 0.0343. The molecule has 1 saturated heterocycles. The molecule has 5 nitrogen and oxygen atoms in total. The fourth-order valence-electron chi connectivity index (χ4n) is 3.45. The number of morpholine rings is 1. The summed E-state index contributed by atoms with van der Waals surface area (Å²) in [5.41, 5.74) is 4.39. The number of halogens is 1. The van der Waals surface area contributed by atoms with Gasteiger partial charge in [-0.2, -0.15) is 0 Å². The van der Waals surface area contributed by atoms with Crippen molar-refractivity contribution >= 4 is 28.5 Å². The normalized spacial score (nSPS) is 14.9. The molecule has 0 bridgehead atoms. The molecule has 0 N–H and O–H groups in total. The highest BCUT2D eigenvalue weighted by Gasteiger charge is 2.15. The van der Waals surface area contributed by atoms with E-state index < -0.39 is 0 Å². The van der Waals surface area contributed by atoms with E-state index in [0.29, 0.717) is 10.6 Å². The van der Waals surface area contributed by atoms with Crippen LogP contribution in [-0.4, -0.2) is 49.3 Å². The molecule has 0 saturated carbocycles. The van der Waals surface area contributed by atoms with Crippen LogP contribution in [0.2, 0.25) is 5.02 Å². The van der Waals surface area contributed by atoms with Gasteiger partial charge in [0.15, 0.2) is 0 Å². The van der Waals surface area contributed by atoms with Gasteiger partial charge >= 0.3 is 5.97 Å². The molecule has 0 radical (unpaired) electrons. The molecule has 6 heteroatoms. The fraction of sp³-hybridized carbons (Fsp3) is 0.273. The second-order valence-corrected chi connectivity index (χ2v) is 7.22. The van der Waals surface area contributed by atoms with E-state index in [1.165, 1.54) is 12.7 Å². The van der Waals surface area contributed by atoms with Gasteiger partial charge in [0.1, 0.15) is 0 Å². The maximum Gasteiger partial charge on any atom is 0.337 e. The molecule has 1 aliphatic heterocycles. The average molecular weight is 397 g/mol. The van der Waals surface area contributed by atoms with Gasteiger partial charge in [-0.05, 0) is 35.9 Å². The standard InChI is InChI=1S/C22H21ClN2O3/c1-27-22(26)16-4-2-15(3-5-16)20-12-17(14-25-8-10-28-11-9-25)19-7-6-18(23)13-21(19)24-20/h2-7,12-13H,8-11,14H2,1H3. The van der Waals surface area contributed by atoms with Crippen molar-refractivity contribution < 1.29 is 14.3 Å². The second kappa shape index (κ2) is 8.27. The first-order valence-corrected chi connectivity index (χ1v) is 9.60. The topological polar surface area (TPSA) is 51.7 Å². The number of methoxy groups -OCH3 is 1. The summed E-state index contributed by atoms with van der Waals surface area (Å²) in [5.74, 6) is -0.349. The fourth-order valence-corrected chi connectivity index (χ4v) is 3.61. The van der Waals surface area contributed by atoms with Gasteiger partial charge in [-0.15, -0.1) is 0 Å². The van der Waals surface area contributed by atoms with E-state index in [1.807, 2.05) is 30.3 Å². The maximum absolute atomic E-state index is 11.7. The summed E-state index contributed by atoms with van der Waals surface area (Å²) in [6.45, 7) is 4.19. The Hall–Kier alpha value is -2.47. The van der Waals surface area contributed by atoms with Crippen LogP contribution >= 0.6 is 11.6 Å². The predicted octanol–water partition coefficient (Wildman–Crippen LogP) is 4.17. The van der Waals surface area contributed by atoms with Crippen molar-refractivity contribution in [3.63, 3.8) is 0 Å². The van der Waals surface area contributed by atoms with E-state index in [1.54, 1.807) is 12.1 Å². The molecular weight excluding hydrogens is 376 g/mol. The molecule has 1 aromatic heterocycles. The zero-order chi connectivity index (χ0) is 19.5. The van der Waals surface area contributed by atoms with Crippen molar-refractivity contribution in [2.75, 3.05) is 33.4 Å². The predicted molar refractivity (Wildman–Crippen MR) is 110 cm³/mol. The first-order valence-electron chi connectivity index (χ1n) is 9.22. The van der Waals surface area contributed by atoms with Gasteiger partial charge < -0.3 is 9.47 Å². The highest BCUT2D eigenvalue weighted by molar-refractivity contribution is 6.31. The molecule has 2 heterocycles. The smallest absolute Gasteiger partial charge is 0.337 e. The van der Waals surface area contributed by atoms with Crippen molar-refractivity contribution in [2.45, 2.75) is 6.54 Å². The summed E-state index contributed by atoms with van der Waals surface area (Å²) in [4.78, 5) is 18.9. The molecule has 0 unspecified atom stereocenters. The van der Waals surface area contributed by atoms with Gasteiger partial charge in [0.05, 0.1) is 37.1 Å². The molecule has 0 amide bonds. The van der Waals surface area contributed by atoms with E-state index in [9.17, 15) is 4.79 Å². The number of nitrogens with zero attached hydrogens (tertiary/aromatic N) is 2. The largest absolute Gasteiger partial charge is 0.465 e. The molecular formula is C22H21ClN2O3. The van der Waals surface area contributed by atoms with Crippen LogP contribution in [0.5, 0.6) is 0 Å². The summed E-state index contributed by atoms with van der Waals surface area (Å²) in [5, 5.41) is 1.77. The first-order chi connectivity index (χ1) is 13.6. The Morgan fingerprint density at radius 3 is 2.61 bits per heavy atom. The van der Waals surface area contributed by atoms with Gasteiger partial charge in [-0.3, -0.25) is 4.90 Å². The number of hydrogen-bond donors (Lipinski definition) is 0. The van der Waals surface area contributed by atoms with Crippen molar-refractivity contribution in [3.05, 3.63) is 64.7 Å². The second-order valence-electron chi connectivity index (χ2n) is 6.79. The van der Waals surface area contributed by atoms with Crippen LogP contribution < -0.4 is 0 Å². The van der Waals surface area contributed by atoms with E-state index >= 15 is 0 Å². The molecule has 0 aliphatic carbocycles. The third-order valence-electron chi connectivity index (χ3n) is 4.96. The zero-order valence-electron chi connectivity index (χ0n) is 15.7. The molecule has 28 heavy (non-hydrogen) atoms. The van der Waals surface area contributed by atoms with Crippen molar-refractivity contribution in [3.8, 4) is 11.3 Å². The van der Waals surface area contributed by atoms with Crippen LogP contribution in [0.15, 0.2) is 48.5 Å². The van der Waals surface area contributed by atoms with Crippen molar-refractivity contribution in [1.29, 1.82) is 0 Å². The van der Waals surface area contributed by atoms with E-state index in [2.05, 4.69) is 11.0 Å². The molecule has 4 rings (SSSR count). The van der Waals surface area contributed by atoms with Crippen LogP contribution in [-0.2, 0) is 16.0 Å². The van der Waals surface area contributed by atoms with Crippen LogP contribution in [0.4, 0.5) is 0 Å². The highest BCUT2D eigenvalue weighted by Crippen LogP contribution is 2.28. The minimum atomic E-state index is -0.349. The zero-order valence-corrected chi connectivity index (χ0v) is 16.4. The maximum atomic E-state index is 11.7. The summed E-state index contributed by atoms with van der Waals surface area (Å²) in [6.07, 6.45) is 0. The average Bonchev–Trinajstić information content (AvgIpc) is 2.73. The van der Waals surface area contributed by atoms with Gasteiger partial charge in [-0.25, -0.2) is 9.78 Å². The SMILES string of the molecule is COC(=O)c1ccc(-c2cc(CN3CCOCC3)c3ccc(Cl)cc3n2)cc1. The third kappa shape index (κ3) is 4.02. The number of hydrogen-bond acceptors (Lipinski definition) is 5. The van der Waals surface area contributed by atoms with Crippen LogP contribution in [0.1, 0.15) is 15.9 Å². The Morgan fingerprint density at radius 1 is 1.14 bits per heavy atom. The molecule has 144 valence electrons. The number of esters is 1. The van der Waals surface area contributed by atoms with Crippen molar-refractivity contribution in [2.24, 2.45) is 0 Å². The number of pyridine rings is 1. The number of rotatable bonds is 4. The minimum Gasteiger partial charge on any atom is -0.465 e. The molecule has 1 aliphatic rings. The van der Waals surface area contributed by atoms with Crippen molar-refractivity contribution in [1.82, 2.24) is 9.88 Å². The molecule has 0 atom stereocenters. The molecule has 0 spiro atoms. The Balaban J connectivity index is 1.74. The molecule has 1 fully saturated rings. The van der Waals surface area contributed by atoms with Crippen LogP contribution in [0.25, 0.3) is 22.2 Å². The lowest BCUT2D eigenvalue weighted by atomic mass is 10.0. The van der Waals surface area contributed by atoms with E-state index in [0.717, 1.165) is 55.0 Å². The number of carbonyl (C=O) groups is 1. The minimum absolute atomic E-state index is 0.349. The Bertz CT molecular complexity index is 999. The highest BCUT2D eigenvalue weighted by atomic mass is 35.5. The van der Waals surface area contributed by atoms with E-state index in [-0.39, 0.29) is 5.97 Å². The van der Waals surface area contributed by atoms with Gasteiger partial charge in [-0.1, -0.05) is 29.8 Å². The number of benzene rings is 2. The number of ether oxygens (including phenoxy) is 2. The number of carbonyl (C=O) groups excluding carboxylic acids is 1. The van der Waals surface area contributed by atoms with Crippen LogP contribution in [0, 0.1) is 0 Å². The monoisotopic (exact) mass is 396 g/mol. The third-order valence-corrected chi connectivity index (χ3v) is 5.19. The molecule has 2 aromatic carbocycles. The summed E-state index contributed by atoms with van der Waals surface area (Å²) >= 11 is 6.21. The van der Waals surface area contributed by atoms with Gasteiger partial charge in [0.25, 0.3) is 0 Å². The number of fused-ring (bicyclic) bond motifs is 1. The van der Waals surface area contributed by atoms with E-state index in [4.69, 9.17) is 26.1 Å². The van der Waals surface area contributed by atoms with Gasteiger partial charge in [0.2, 0.25) is 0 Å².